The fraction of sp³-hybridized carbons (Fsp3) is 0.556. The average Bonchev–Trinajstić information content (AvgIpc) is 2.45. The van der Waals surface area contributed by atoms with E-state index in [1.165, 1.54) is 38.1 Å². The van der Waals surface area contributed by atoms with Crippen LogP contribution in [0.1, 0.15) is 51.9 Å². The van der Waals surface area contributed by atoms with E-state index in [9.17, 15) is 18.4 Å². The van der Waals surface area contributed by atoms with Gasteiger partial charge in [-0.15, -0.1) is 0 Å². The van der Waals surface area contributed by atoms with Crippen LogP contribution in [0, 0.1) is 5.92 Å². The van der Waals surface area contributed by atoms with Gasteiger partial charge in [0.2, 0.25) is 0 Å². The zero-order valence-electron chi connectivity index (χ0n) is 15.2. The number of esters is 1. The summed E-state index contributed by atoms with van der Waals surface area (Å²) in [6.45, 7) is 9.22. The largest absolute Gasteiger partial charge is 0.488 e. The summed E-state index contributed by atoms with van der Waals surface area (Å²) in [5.74, 6) is -8.02. The lowest BCUT2D eigenvalue weighted by atomic mass is 9.85. The van der Waals surface area contributed by atoms with Crippen LogP contribution in [-0.2, 0) is 9.53 Å². The maximum absolute atomic E-state index is 14.1. The molecule has 0 aliphatic rings. The molecule has 140 valence electrons. The summed E-state index contributed by atoms with van der Waals surface area (Å²) in [6.07, 6.45) is 0. The molecule has 1 aromatic carbocycles. The zero-order chi connectivity index (χ0) is 19.6. The van der Waals surface area contributed by atoms with Crippen molar-refractivity contribution in [2.45, 2.75) is 58.7 Å². The van der Waals surface area contributed by atoms with Crippen LogP contribution in [0.15, 0.2) is 24.3 Å². The van der Waals surface area contributed by atoms with E-state index < -0.39 is 35.0 Å². The molecular weight excluding hydrogens is 334 g/mol. The van der Waals surface area contributed by atoms with Crippen molar-refractivity contribution in [3.8, 4) is 5.75 Å². The molecule has 0 fully saturated rings. The van der Waals surface area contributed by atoms with Crippen LogP contribution in [0.3, 0.4) is 0 Å². The van der Waals surface area contributed by atoms with Crippen molar-refractivity contribution < 1.29 is 33.0 Å². The minimum atomic E-state index is -4.23. The third-order valence-corrected chi connectivity index (χ3v) is 3.81. The van der Waals surface area contributed by atoms with E-state index in [0.717, 1.165) is 6.92 Å². The van der Waals surface area contributed by atoms with E-state index in [1.807, 2.05) is 20.8 Å². The number of aliphatic carboxylic acids is 1. The van der Waals surface area contributed by atoms with Gasteiger partial charge in [0.25, 0.3) is 0 Å². The first kappa shape index (κ1) is 20.9. The SMILES string of the molecule is CC(C)C(C)(OC(=O)c1ccc(OC(C)(C)C)cc1)C(F)(F)C(=O)O. The van der Waals surface area contributed by atoms with Crippen molar-refractivity contribution in [3.63, 3.8) is 0 Å². The number of ether oxygens (including phenoxy) is 2. The lowest BCUT2D eigenvalue weighted by molar-refractivity contribution is -0.214. The number of carbonyl (C=O) groups excluding carboxylic acids is 1. The summed E-state index contributed by atoms with van der Waals surface area (Å²) in [7, 11) is 0. The summed E-state index contributed by atoms with van der Waals surface area (Å²) in [4.78, 5) is 23.2. The number of carboxylic acids is 1. The maximum Gasteiger partial charge on any atom is 0.381 e. The molecule has 0 saturated heterocycles. The lowest BCUT2D eigenvalue weighted by Crippen LogP contribution is -2.57. The van der Waals surface area contributed by atoms with Gasteiger partial charge in [0.05, 0.1) is 5.56 Å². The van der Waals surface area contributed by atoms with Crippen LogP contribution in [0.4, 0.5) is 8.78 Å². The van der Waals surface area contributed by atoms with Crippen LogP contribution < -0.4 is 4.74 Å². The first-order valence-corrected chi connectivity index (χ1v) is 7.84. The van der Waals surface area contributed by atoms with Gasteiger partial charge in [-0.05, 0) is 57.9 Å². The van der Waals surface area contributed by atoms with Crippen molar-refractivity contribution in [3.05, 3.63) is 29.8 Å². The molecule has 0 heterocycles. The minimum Gasteiger partial charge on any atom is -0.488 e. The minimum absolute atomic E-state index is 0.0225. The normalized spacial score (nSPS) is 14.8. The number of hydrogen-bond acceptors (Lipinski definition) is 4. The molecule has 1 unspecified atom stereocenters. The average molecular weight is 358 g/mol. The monoisotopic (exact) mass is 358 g/mol. The molecule has 0 bridgehead atoms. The highest BCUT2D eigenvalue weighted by Crippen LogP contribution is 2.39. The highest BCUT2D eigenvalue weighted by molar-refractivity contribution is 5.90. The van der Waals surface area contributed by atoms with Crippen LogP contribution in [-0.4, -0.2) is 34.2 Å². The second-order valence-electron chi connectivity index (χ2n) is 7.27. The third kappa shape index (κ3) is 4.67. The Morgan fingerprint density at radius 2 is 1.52 bits per heavy atom. The van der Waals surface area contributed by atoms with Crippen molar-refractivity contribution in [1.82, 2.24) is 0 Å². The summed E-state index contributed by atoms with van der Waals surface area (Å²) in [5.41, 5.74) is -2.90. The van der Waals surface area contributed by atoms with Gasteiger partial charge < -0.3 is 14.6 Å². The molecule has 25 heavy (non-hydrogen) atoms. The molecule has 1 atom stereocenters. The van der Waals surface area contributed by atoms with Crippen LogP contribution in [0.5, 0.6) is 5.75 Å². The van der Waals surface area contributed by atoms with E-state index in [2.05, 4.69) is 0 Å². The first-order chi connectivity index (χ1) is 11.2. The molecule has 0 saturated carbocycles. The number of halogens is 2. The molecule has 0 amide bonds. The molecule has 1 N–H and O–H groups in total. The molecular formula is C18H24F2O5. The van der Waals surface area contributed by atoms with E-state index in [-0.39, 0.29) is 5.56 Å². The van der Waals surface area contributed by atoms with Gasteiger partial charge in [0, 0.05) is 0 Å². The number of hydrogen-bond donors (Lipinski definition) is 1. The summed E-state index contributed by atoms with van der Waals surface area (Å²) >= 11 is 0. The topological polar surface area (TPSA) is 72.8 Å². The van der Waals surface area contributed by atoms with E-state index in [4.69, 9.17) is 14.6 Å². The molecule has 0 aliphatic heterocycles. The van der Waals surface area contributed by atoms with Crippen molar-refractivity contribution in [2.75, 3.05) is 0 Å². The number of carboxylic acid groups (broad SMARTS) is 1. The van der Waals surface area contributed by atoms with E-state index in [0.29, 0.717) is 5.75 Å². The van der Waals surface area contributed by atoms with Gasteiger partial charge in [-0.2, -0.15) is 8.78 Å². The zero-order valence-corrected chi connectivity index (χ0v) is 15.2. The number of benzene rings is 1. The van der Waals surface area contributed by atoms with Crippen molar-refractivity contribution in [1.29, 1.82) is 0 Å². The van der Waals surface area contributed by atoms with Gasteiger partial charge in [-0.25, -0.2) is 9.59 Å². The van der Waals surface area contributed by atoms with Gasteiger partial charge in [-0.1, -0.05) is 13.8 Å². The summed E-state index contributed by atoms with van der Waals surface area (Å²) in [6, 6.07) is 5.79. The maximum atomic E-state index is 14.1. The molecule has 1 aromatic rings. The molecule has 0 aliphatic carbocycles. The highest BCUT2D eigenvalue weighted by Gasteiger charge is 2.61. The summed E-state index contributed by atoms with van der Waals surface area (Å²) < 4.78 is 38.7. The van der Waals surface area contributed by atoms with Crippen molar-refractivity contribution >= 4 is 11.9 Å². The Balaban J connectivity index is 3.04. The van der Waals surface area contributed by atoms with Gasteiger partial charge in [0.1, 0.15) is 11.4 Å². The fourth-order valence-electron chi connectivity index (χ4n) is 2.02. The van der Waals surface area contributed by atoms with Crippen molar-refractivity contribution in [2.24, 2.45) is 5.92 Å². The Hall–Kier alpha value is -2.18. The number of rotatable bonds is 6. The van der Waals surface area contributed by atoms with Gasteiger partial charge in [0.15, 0.2) is 5.60 Å². The van der Waals surface area contributed by atoms with Crippen LogP contribution >= 0.6 is 0 Å². The highest BCUT2D eigenvalue weighted by atomic mass is 19.3. The molecule has 7 heteroatoms. The van der Waals surface area contributed by atoms with E-state index in [1.54, 1.807) is 0 Å². The Labute approximate surface area is 145 Å². The van der Waals surface area contributed by atoms with Gasteiger partial charge in [-0.3, -0.25) is 0 Å². The number of carbonyl (C=O) groups is 2. The van der Waals surface area contributed by atoms with Crippen LogP contribution in [0.25, 0.3) is 0 Å². The Kier molecular flexibility index (Phi) is 5.82. The van der Waals surface area contributed by atoms with Gasteiger partial charge >= 0.3 is 17.9 Å². The molecule has 1 rings (SSSR count). The third-order valence-electron chi connectivity index (χ3n) is 3.81. The van der Waals surface area contributed by atoms with Crippen LogP contribution in [0.2, 0.25) is 0 Å². The predicted molar refractivity (Wildman–Crippen MR) is 88.1 cm³/mol. The molecule has 0 aromatic heterocycles. The lowest BCUT2D eigenvalue weighted by Gasteiger charge is -2.37. The van der Waals surface area contributed by atoms with E-state index >= 15 is 0 Å². The molecule has 0 spiro atoms. The second kappa shape index (κ2) is 6.98. The Morgan fingerprint density at radius 3 is 1.88 bits per heavy atom. The second-order valence-corrected chi connectivity index (χ2v) is 7.27. The number of alkyl halides is 2. The Bertz CT molecular complexity index is 632. The smallest absolute Gasteiger partial charge is 0.381 e. The summed E-state index contributed by atoms with van der Waals surface area (Å²) in [5, 5.41) is 8.80. The molecule has 0 radical (unpaired) electrons. The molecule has 5 nitrogen and oxygen atoms in total. The standard InChI is InChI=1S/C18H24F2O5/c1-11(2)17(6,18(19,20)15(22)23)25-14(21)12-7-9-13(10-8-12)24-16(3,4)5/h7-11H,1-6H3,(H,22,23). The fourth-order valence-corrected chi connectivity index (χ4v) is 2.02. The quantitative estimate of drug-likeness (QED) is 0.773. The first-order valence-electron chi connectivity index (χ1n) is 7.84. The Morgan fingerprint density at radius 1 is 1.04 bits per heavy atom. The predicted octanol–water partition coefficient (Wildman–Crippen LogP) is 4.16.